The lowest BCUT2D eigenvalue weighted by molar-refractivity contribution is 0.159. The Balaban J connectivity index is 1.45. The van der Waals surface area contributed by atoms with E-state index >= 15 is 0 Å². The number of piperidine rings is 1. The van der Waals surface area contributed by atoms with Gasteiger partial charge in [-0.1, -0.05) is 12.1 Å². The SMILES string of the molecule is Fc1cccc(F)c1-c1ccc2c(c1)C(c1cncc(O[C@@H]3CCCNC3)n1)CN2. The molecule has 1 fully saturated rings. The van der Waals surface area contributed by atoms with E-state index < -0.39 is 11.6 Å². The van der Waals surface area contributed by atoms with E-state index in [0.717, 1.165) is 42.9 Å². The number of halogens is 2. The number of rotatable bonds is 4. The molecular weight excluding hydrogens is 386 g/mol. The van der Waals surface area contributed by atoms with Crippen LogP contribution >= 0.6 is 0 Å². The number of benzene rings is 2. The third-order valence-electron chi connectivity index (χ3n) is 5.70. The number of aromatic nitrogens is 2. The van der Waals surface area contributed by atoms with Crippen LogP contribution < -0.4 is 15.4 Å². The molecule has 1 aromatic heterocycles. The maximum Gasteiger partial charge on any atom is 0.232 e. The fourth-order valence-corrected chi connectivity index (χ4v) is 4.21. The minimum Gasteiger partial charge on any atom is -0.472 e. The molecule has 0 spiro atoms. The van der Waals surface area contributed by atoms with Crippen LogP contribution in [0.2, 0.25) is 0 Å². The van der Waals surface area contributed by atoms with Gasteiger partial charge in [0.15, 0.2) is 0 Å². The maximum absolute atomic E-state index is 14.3. The molecule has 30 heavy (non-hydrogen) atoms. The number of hydrogen-bond donors (Lipinski definition) is 2. The molecule has 2 atom stereocenters. The molecule has 0 saturated carbocycles. The van der Waals surface area contributed by atoms with Crippen LogP contribution in [0.4, 0.5) is 14.5 Å². The topological polar surface area (TPSA) is 59.1 Å². The number of ether oxygens (including phenoxy) is 1. The molecule has 2 aliphatic rings. The summed E-state index contributed by atoms with van der Waals surface area (Å²) in [6.45, 7) is 2.46. The van der Waals surface area contributed by atoms with Crippen molar-refractivity contribution in [3.05, 3.63) is 71.7 Å². The van der Waals surface area contributed by atoms with Crippen molar-refractivity contribution in [1.82, 2.24) is 15.3 Å². The van der Waals surface area contributed by atoms with E-state index in [1.165, 1.54) is 18.2 Å². The van der Waals surface area contributed by atoms with Crippen molar-refractivity contribution in [3.63, 3.8) is 0 Å². The molecule has 2 aromatic carbocycles. The summed E-state index contributed by atoms with van der Waals surface area (Å²) in [5, 5.41) is 6.68. The number of nitrogens with one attached hydrogen (secondary N) is 2. The summed E-state index contributed by atoms with van der Waals surface area (Å²) in [6.07, 6.45) is 5.51. The standard InChI is InChI=1S/C23H22F2N4O/c24-18-4-1-5-19(25)23(18)14-6-7-20-16(9-14)17(11-28-20)21-12-27-13-22(29-21)30-15-3-2-8-26-10-15/h1,4-7,9,12-13,15,17,26,28H,2-3,8,10-11H2/t15-,17?/m1/s1. The van der Waals surface area contributed by atoms with Gasteiger partial charge in [-0.05, 0) is 54.8 Å². The highest BCUT2D eigenvalue weighted by atomic mass is 19.1. The minimum absolute atomic E-state index is 0.0149. The van der Waals surface area contributed by atoms with Gasteiger partial charge in [-0.15, -0.1) is 0 Å². The molecule has 0 amide bonds. The zero-order valence-electron chi connectivity index (χ0n) is 16.4. The van der Waals surface area contributed by atoms with Crippen LogP contribution in [0.5, 0.6) is 5.88 Å². The number of hydrogen-bond acceptors (Lipinski definition) is 5. The third-order valence-corrected chi connectivity index (χ3v) is 5.70. The Morgan fingerprint density at radius 1 is 1.03 bits per heavy atom. The van der Waals surface area contributed by atoms with Gasteiger partial charge in [-0.3, -0.25) is 4.98 Å². The Hall–Kier alpha value is -3.06. The summed E-state index contributed by atoms with van der Waals surface area (Å²) < 4.78 is 34.6. The molecule has 3 aromatic rings. The molecule has 2 N–H and O–H groups in total. The predicted molar refractivity (Wildman–Crippen MR) is 111 cm³/mol. The zero-order chi connectivity index (χ0) is 20.5. The third kappa shape index (κ3) is 3.61. The quantitative estimate of drug-likeness (QED) is 0.680. The molecular formula is C23H22F2N4O. The molecule has 5 nitrogen and oxygen atoms in total. The highest BCUT2D eigenvalue weighted by molar-refractivity contribution is 5.72. The van der Waals surface area contributed by atoms with Crippen LogP contribution in [0.25, 0.3) is 11.1 Å². The van der Waals surface area contributed by atoms with E-state index in [9.17, 15) is 8.78 Å². The van der Waals surface area contributed by atoms with E-state index in [0.29, 0.717) is 18.0 Å². The second-order valence-corrected chi connectivity index (χ2v) is 7.70. The fourth-order valence-electron chi connectivity index (χ4n) is 4.21. The van der Waals surface area contributed by atoms with E-state index in [-0.39, 0.29) is 17.6 Å². The first kappa shape index (κ1) is 18.9. The Labute approximate surface area is 173 Å². The monoisotopic (exact) mass is 408 g/mol. The Morgan fingerprint density at radius 3 is 2.70 bits per heavy atom. The van der Waals surface area contributed by atoms with Crippen molar-refractivity contribution < 1.29 is 13.5 Å². The lowest BCUT2D eigenvalue weighted by Crippen LogP contribution is -2.37. The van der Waals surface area contributed by atoms with Crippen LogP contribution in [0.1, 0.15) is 30.0 Å². The Morgan fingerprint density at radius 2 is 1.90 bits per heavy atom. The van der Waals surface area contributed by atoms with Gasteiger partial charge >= 0.3 is 0 Å². The largest absolute Gasteiger partial charge is 0.472 e. The van der Waals surface area contributed by atoms with Crippen LogP contribution in [0, 0.1) is 11.6 Å². The van der Waals surface area contributed by atoms with Crippen molar-refractivity contribution >= 4 is 5.69 Å². The van der Waals surface area contributed by atoms with E-state index in [2.05, 4.69) is 20.6 Å². The maximum atomic E-state index is 14.3. The van der Waals surface area contributed by atoms with E-state index in [4.69, 9.17) is 4.74 Å². The smallest absolute Gasteiger partial charge is 0.232 e. The van der Waals surface area contributed by atoms with Crippen LogP contribution in [-0.4, -0.2) is 35.7 Å². The van der Waals surface area contributed by atoms with Gasteiger partial charge in [0, 0.05) is 30.9 Å². The molecule has 2 aliphatic heterocycles. The summed E-state index contributed by atoms with van der Waals surface area (Å²) in [4.78, 5) is 9.01. The number of fused-ring (bicyclic) bond motifs is 1. The van der Waals surface area contributed by atoms with Gasteiger partial charge in [-0.25, -0.2) is 13.8 Å². The summed E-state index contributed by atoms with van der Waals surface area (Å²) in [5.74, 6) is -0.719. The second-order valence-electron chi connectivity index (χ2n) is 7.70. The molecule has 154 valence electrons. The zero-order valence-corrected chi connectivity index (χ0v) is 16.4. The van der Waals surface area contributed by atoms with E-state index in [1.807, 2.05) is 12.1 Å². The van der Waals surface area contributed by atoms with Gasteiger partial charge in [0.2, 0.25) is 5.88 Å². The van der Waals surface area contributed by atoms with Crippen LogP contribution in [0.3, 0.4) is 0 Å². The van der Waals surface area contributed by atoms with Gasteiger partial charge < -0.3 is 15.4 Å². The highest BCUT2D eigenvalue weighted by Crippen LogP contribution is 2.39. The predicted octanol–water partition coefficient (Wildman–Crippen LogP) is 4.11. The molecule has 0 aliphatic carbocycles. The summed E-state index contributed by atoms with van der Waals surface area (Å²) in [5.41, 5.74) is 3.14. The number of nitrogens with zero attached hydrogens (tertiary/aromatic N) is 2. The van der Waals surface area contributed by atoms with Crippen molar-refractivity contribution in [1.29, 1.82) is 0 Å². The molecule has 1 unspecified atom stereocenters. The normalized spacial score (nSPS) is 20.5. The van der Waals surface area contributed by atoms with Crippen molar-refractivity contribution in [3.8, 4) is 17.0 Å². The minimum atomic E-state index is -0.575. The summed E-state index contributed by atoms with van der Waals surface area (Å²) in [6, 6.07) is 9.34. The highest BCUT2D eigenvalue weighted by Gasteiger charge is 2.27. The molecule has 0 bridgehead atoms. The fraction of sp³-hybridized carbons (Fsp3) is 0.304. The van der Waals surface area contributed by atoms with Crippen molar-refractivity contribution in [2.45, 2.75) is 24.9 Å². The molecule has 5 rings (SSSR count). The Kier molecular flexibility index (Phi) is 5.04. The lowest BCUT2D eigenvalue weighted by atomic mass is 9.94. The van der Waals surface area contributed by atoms with Gasteiger partial charge in [-0.2, -0.15) is 0 Å². The molecule has 3 heterocycles. The first-order valence-electron chi connectivity index (χ1n) is 10.2. The van der Waals surface area contributed by atoms with Crippen LogP contribution in [0.15, 0.2) is 48.8 Å². The van der Waals surface area contributed by atoms with Crippen molar-refractivity contribution in [2.75, 3.05) is 25.0 Å². The van der Waals surface area contributed by atoms with Gasteiger partial charge in [0.1, 0.15) is 17.7 Å². The average molecular weight is 408 g/mol. The van der Waals surface area contributed by atoms with Crippen LogP contribution in [-0.2, 0) is 0 Å². The van der Waals surface area contributed by atoms with E-state index in [1.54, 1.807) is 18.5 Å². The molecule has 0 radical (unpaired) electrons. The lowest BCUT2D eigenvalue weighted by Gasteiger charge is -2.23. The first-order chi connectivity index (χ1) is 14.7. The molecule has 7 heteroatoms. The van der Waals surface area contributed by atoms with Gasteiger partial charge in [0.05, 0.1) is 17.5 Å². The Bertz CT molecular complexity index is 1050. The summed E-state index contributed by atoms with van der Waals surface area (Å²) >= 11 is 0. The first-order valence-corrected chi connectivity index (χ1v) is 10.2. The molecule has 1 saturated heterocycles. The second kappa shape index (κ2) is 7.99. The average Bonchev–Trinajstić information content (AvgIpc) is 3.18. The summed E-state index contributed by atoms with van der Waals surface area (Å²) in [7, 11) is 0. The number of anilines is 1. The van der Waals surface area contributed by atoms with Gasteiger partial charge in [0.25, 0.3) is 0 Å². The van der Waals surface area contributed by atoms with Crippen molar-refractivity contribution in [2.24, 2.45) is 0 Å².